The Balaban J connectivity index is 2.23. The zero-order valence-corrected chi connectivity index (χ0v) is 9.74. The zero-order chi connectivity index (χ0) is 12.4. The van der Waals surface area contributed by atoms with Crippen LogP contribution in [-0.4, -0.2) is 39.5 Å². The summed E-state index contributed by atoms with van der Waals surface area (Å²) in [6, 6.07) is 0. The number of piperidine rings is 1. The van der Waals surface area contributed by atoms with Gasteiger partial charge in [0.05, 0.1) is 4.92 Å². The number of rotatable bonds is 3. The van der Waals surface area contributed by atoms with E-state index in [0.717, 1.165) is 19.4 Å². The lowest BCUT2D eigenvalue weighted by molar-refractivity contribution is -0.384. The summed E-state index contributed by atoms with van der Waals surface area (Å²) < 4.78 is 1.45. The van der Waals surface area contributed by atoms with E-state index in [0.29, 0.717) is 12.4 Å². The number of aryl methyl sites for hydroxylation is 1. The van der Waals surface area contributed by atoms with Crippen molar-refractivity contribution in [2.45, 2.75) is 12.8 Å². The molecule has 0 amide bonds. The predicted octanol–water partition coefficient (Wildman–Crippen LogP) is 0.537. The van der Waals surface area contributed by atoms with E-state index >= 15 is 0 Å². The highest BCUT2D eigenvalue weighted by Gasteiger charge is 2.28. The molecule has 0 saturated carbocycles. The SMILES string of the molecule is Cn1cc([N+](=O)[O-])c(N2CCCC(CO)C2)n1. The number of nitrogens with zero attached hydrogens (tertiary/aromatic N) is 4. The molecule has 1 aromatic heterocycles. The van der Waals surface area contributed by atoms with Crippen LogP contribution >= 0.6 is 0 Å². The van der Waals surface area contributed by atoms with Crippen LogP contribution < -0.4 is 4.90 Å². The molecule has 94 valence electrons. The average molecular weight is 240 g/mol. The van der Waals surface area contributed by atoms with E-state index in [2.05, 4.69) is 5.10 Å². The minimum absolute atomic E-state index is 0.0334. The molecule has 7 heteroatoms. The molecule has 1 saturated heterocycles. The van der Waals surface area contributed by atoms with Gasteiger partial charge in [0.2, 0.25) is 5.82 Å². The topological polar surface area (TPSA) is 84.4 Å². The molecule has 2 rings (SSSR count). The number of aliphatic hydroxyl groups excluding tert-OH is 1. The second kappa shape index (κ2) is 4.70. The van der Waals surface area contributed by atoms with E-state index < -0.39 is 4.92 Å². The van der Waals surface area contributed by atoms with E-state index in [1.165, 1.54) is 10.9 Å². The Morgan fingerprint density at radius 1 is 1.71 bits per heavy atom. The molecule has 1 fully saturated rings. The van der Waals surface area contributed by atoms with Gasteiger partial charge in [-0.2, -0.15) is 0 Å². The Hall–Kier alpha value is -1.63. The summed E-state index contributed by atoms with van der Waals surface area (Å²) in [4.78, 5) is 12.4. The second-order valence-electron chi connectivity index (χ2n) is 4.41. The molecule has 1 atom stereocenters. The quantitative estimate of drug-likeness (QED) is 0.615. The van der Waals surface area contributed by atoms with Crippen molar-refractivity contribution in [1.29, 1.82) is 0 Å². The summed E-state index contributed by atoms with van der Waals surface area (Å²) in [6.45, 7) is 1.51. The van der Waals surface area contributed by atoms with E-state index in [9.17, 15) is 10.1 Å². The Labute approximate surface area is 98.8 Å². The number of aliphatic hydroxyl groups is 1. The maximum atomic E-state index is 10.9. The highest BCUT2D eigenvalue weighted by Crippen LogP contribution is 2.29. The fraction of sp³-hybridized carbons (Fsp3) is 0.700. The lowest BCUT2D eigenvalue weighted by atomic mass is 9.99. The van der Waals surface area contributed by atoms with Crippen molar-refractivity contribution in [2.24, 2.45) is 13.0 Å². The number of aromatic nitrogens is 2. The summed E-state index contributed by atoms with van der Waals surface area (Å²) in [5, 5.41) is 24.2. The van der Waals surface area contributed by atoms with Gasteiger partial charge in [-0.3, -0.25) is 14.8 Å². The maximum Gasteiger partial charge on any atom is 0.330 e. The highest BCUT2D eigenvalue weighted by molar-refractivity contribution is 5.57. The molecule has 0 bridgehead atoms. The molecule has 1 aromatic rings. The van der Waals surface area contributed by atoms with Gasteiger partial charge in [-0.25, -0.2) is 0 Å². The van der Waals surface area contributed by atoms with Crippen molar-refractivity contribution in [3.8, 4) is 0 Å². The summed E-state index contributed by atoms with van der Waals surface area (Å²) >= 11 is 0. The van der Waals surface area contributed by atoms with Crippen molar-refractivity contribution in [2.75, 3.05) is 24.6 Å². The minimum Gasteiger partial charge on any atom is -0.396 e. The standard InChI is InChI=1S/C10H16N4O3/c1-12-6-9(14(16)17)10(11-12)13-4-2-3-8(5-13)7-15/h6,8,15H,2-5,7H2,1H3. The van der Waals surface area contributed by atoms with Gasteiger partial charge in [0.1, 0.15) is 6.20 Å². The number of hydrogen-bond acceptors (Lipinski definition) is 5. The van der Waals surface area contributed by atoms with Crippen LogP contribution in [0.5, 0.6) is 0 Å². The summed E-state index contributed by atoms with van der Waals surface area (Å²) in [5.74, 6) is 0.598. The fourth-order valence-electron chi connectivity index (χ4n) is 2.22. The van der Waals surface area contributed by atoms with Crippen molar-refractivity contribution in [3.63, 3.8) is 0 Å². The summed E-state index contributed by atoms with van der Waals surface area (Å²) in [7, 11) is 1.67. The third-order valence-electron chi connectivity index (χ3n) is 3.06. The van der Waals surface area contributed by atoms with Gasteiger partial charge in [-0.1, -0.05) is 0 Å². The van der Waals surface area contributed by atoms with Crippen LogP contribution in [0, 0.1) is 16.0 Å². The van der Waals surface area contributed by atoms with Gasteiger partial charge in [-0.15, -0.1) is 5.10 Å². The Kier molecular flexibility index (Phi) is 3.28. The number of hydrogen-bond donors (Lipinski definition) is 1. The van der Waals surface area contributed by atoms with Gasteiger partial charge in [0, 0.05) is 26.7 Å². The van der Waals surface area contributed by atoms with Crippen molar-refractivity contribution >= 4 is 11.5 Å². The molecule has 1 N–H and O–H groups in total. The lowest BCUT2D eigenvalue weighted by Gasteiger charge is -2.31. The van der Waals surface area contributed by atoms with Crippen LogP contribution in [0.25, 0.3) is 0 Å². The second-order valence-corrected chi connectivity index (χ2v) is 4.41. The van der Waals surface area contributed by atoms with Crippen LogP contribution in [0.4, 0.5) is 11.5 Å². The summed E-state index contributed by atoms with van der Waals surface area (Å²) in [6.07, 6.45) is 3.31. The molecule has 1 unspecified atom stereocenters. The molecule has 0 aromatic carbocycles. The van der Waals surface area contributed by atoms with E-state index in [4.69, 9.17) is 5.11 Å². The molecule has 17 heavy (non-hydrogen) atoms. The third kappa shape index (κ3) is 2.38. The maximum absolute atomic E-state index is 10.9. The fourth-order valence-corrected chi connectivity index (χ4v) is 2.22. The third-order valence-corrected chi connectivity index (χ3v) is 3.06. The largest absolute Gasteiger partial charge is 0.396 e. The molecule has 1 aliphatic heterocycles. The van der Waals surface area contributed by atoms with Gasteiger partial charge < -0.3 is 10.0 Å². The van der Waals surface area contributed by atoms with Crippen LogP contribution in [0.3, 0.4) is 0 Å². The first-order valence-electron chi connectivity index (χ1n) is 5.65. The van der Waals surface area contributed by atoms with Crippen LogP contribution in [-0.2, 0) is 7.05 Å². The molecular formula is C10H16N4O3. The van der Waals surface area contributed by atoms with Crippen LogP contribution in [0.1, 0.15) is 12.8 Å². The Bertz CT molecular complexity index is 418. The average Bonchev–Trinajstić information content (AvgIpc) is 2.72. The summed E-state index contributed by atoms with van der Waals surface area (Å²) in [5.41, 5.74) is 0.0334. The predicted molar refractivity (Wildman–Crippen MR) is 61.9 cm³/mol. The van der Waals surface area contributed by atoms with E-state index in [-0.39, 0.29) is 18.2 Å². The van der Waals surface area contributed by atoms with Gasteiger partial charge in [0.25, 0.3) is 0 Å². The molecule has 0 aliphatic carbocycles. The Morgan fingerprint density at radius 2 is 2.47 bits per heavy atom. The smallest absolute Gasteiger partial charge is 0.330 e. The van der Waals surface area contributed by atoms with Crippen molar-refractivity contribution in [1.82, 2.24) is 9.78 Å². The van der Waals surface area contributed by atoms with E-state index in [1.54, 1.807) is 7.05 Å². The first-order chi connectivity index (χ1) is 8.11. The van der Waals surface area contributed by atoms with Crippen LogP contribution in [0.2, 0.25) is 0 Å². The molecule has 7 nitrogen and oxygen atoms in total. The normalized spacial score (nSPS) is 20.6. The van der Waals surface area contributed by atoms with Crippen molar-refractivity contribution < 1.29 is 10.0 Å². The zero-order valence-electron chi connectivity index (χ0n) is 9.74. The monoisotopic (exact) mass is 240 g/mol. The van der Waals surface area contributed by atoms with Gasteiger partial charge >= 0.3 is 5.69 Å². The molecule has 2 heterocycles. The molecular weight excluding hydrogens is 224 g/mol. The van der Waals surface area contributed by atoms with Crippen LogP contribution in [0.15, 0.2) is 6.20 Å². The molecule has 0 radical (unpaired) electrons. The minimum atomic E-state index is -0.412. The lowest BCUT2D eigenvalue weighted by Crippen LogP contribution is -2.37. The first kappa shape index (κ1) is 11.8. The first-order valence-corrected chi connectivity index (χ1v) is 5.65. The van der Waals surface area contributed by atoms with Gasteiger partial charge in [-0.05, 0) is 18.8 Å². The van der Waals surface area contributed by atoms with Gasteiger partial charge in [0.15, 0.2) is 0 Å². The molecule has 0 spiro atoms. The number of nitro groups is 1. The molecule has 1 aliphatic rings. The highest BCUT2D eigenvalue weighted by atomic mass is 16.6. The number of anilines is 1. The van der Waals surface area contributed by atoms with Crippen molar-refractivity contribution in [3.05, 3.63) is 16.3 Å². The Morgan fingerprint density at radius 3 is 3.12 bits per heavy atom. The van der Waals surface area contributed by atoms with E-state index in [1.807, 2.05) is 4.90 Å².